The number of aliphatic hydroxyl groups excluding tert-OH is 1. The lowest BCUT2D eigenvalue weighted by Crippen LogP contribution is -2.36. The Bertz CT molecular complexity index is 484. The molecule has 1 fully saturated rings. The van der Waals surface area contributed by atoms with Crippen molar-refractivity contribution >= 4 is 21.6 Å². The Hall–Kier alpha value is -0.580. The predicted molar refractivity (Wildman–Crippen MR) is 92.7 cm³/mol. The zero-order valence-electron chi connectivity index (χ0n) is 13.5. The molecule has 0 aromatic heterocycles. The van der Waals surface area contributed by atoms with Gasteiger partial charge in [0.2, 0.25) is 0 Å². The van der Waals surface area contributed by atoms with Crippen molar-refractivity contribution in [3.8, 4) is 0 Å². The Kier molecular flexibility index (Phi) is 5.33. The van der Waals surface area contributed by atoms with Crippen molar-refractivity contribution in [2.45, 2.75) is 52.2 Å². The van der Waals surface area contributed by atoms with Crippen LogP contribution in [0.4, 0.5) is 5.69 Å². The summed E-state index contributed by atoms with van der Waals surface area (Å²) in [7, 11) is 0. The van der Waals surface area contributed by atoms with Gasteiger partial charge in [-0.1, -0.05) is 13.0 Å². The monoisotopic (exact) mass is 354 g/mol. The van der Waals surface area contributed by atoms with Crippen LogP contribution in [0.3, 0.4) is 0 Å². The van der Waals surface area contributed by atoms with Gasteiger partial charge in [0.1, 0.15) is 0 Å². The summed E-state index contributed by atoms with van der Waals surface area (Å²) in [5.41, 5.74) is 2.59. The van der Waals surface area contributed by atoms with E-state index in [1.807, 2.05) is 0 Å². The smallest absolute Gasteiger partial charge is 0.0637 e. The van der Waals surface area contributed by atoms with Crippen LogP contribution in [0, 0.1) is 5.92 Å². The molecule has 2 rings (SSSR count). The van der Waals surface area contributed by atoms with Crippen LogP contribution in [-0.4, -0.2) is 29.8 Å². The van der Waals surface area contributed by atoms with Gasteiger partial charge in [-0.15, -0.1) is 0 Å². The van der Waals surface area contributed by atoms with Crippen LogP contribution in [0.5, 0.6) is 0 Å². The Labute approximate surface area is 136 Å². The highest BCUT2D eigenvalue weighted by molar-refractivity contribution is 9.10. The summed E-state index contributed by atoms with van der Waals surface area (Å²) in [4.78, 5) is 2.33. The van der Waals surface area contributed by atoms with E-state index in [4.69, 9.17) is 0 Å². The molecule has 1 aromatic carbocycles. The molecular weight excluding hydrogens is 328 g/mol. The predicted octanol–water partition coefficient (Wildman–Crippen LogP) is 3.54. The summed E-state index contributed by atoms with van der Waals surface area (Å²) in [5, 5.41) is 13.1. The van der Waals surface area contributed by atoms with Gasteiger partial charge in [0.05, 0.1) is 18.3 Å². The number of aliphatic hydroxyl groups is 1. The molecule has 1 aromatic rings. The number of anilines is 1. The molecule has 1 aliphatic heterocycles. The molecule has 0 saturated carbocycles. The second kappa shape index (κ2) is 6.67. The summed E-state index contributed by atoms with van der Waals surface area (Å²) in [5.74, 6) is 0.545. The van der Waals surface area contributed by atoms with Gasteiger partial charge in [-0.25, -0.2) is 0 Å². The molecule has 118 valence electrons. The molecule has 0 bridgehead atoms. The minimum absolute atomic E-state index is 0.123. The van der Waals surface area contributed by atoms with Crippen molar-refractivity contribution in [3.05, 3.63) is 28.2 Å². The van der Waals surface area contributed by atoms with Crippen molar-refractivity contribution in [1.29, 1.82) is 0 Å². The van der Waals surface area contributed by atoms with Crippen LogP contribution in [0.25, 0.3) is 0 Å². The van der Waals surface area contributed by atoms with E-state index in [0.717, 1.165) is 24.0 Å². The summed E-state index contributed by atoms with van der Waals surface area (Å²) in [6, 6.07) is 6.77. The fourth-order valence-electron chi connectivity index (χ4n) is 2.85. The highest BCUT2D eigenvalue weighted by Gasteiger charge is 2.31. The normalized spacial score (nSPS) is 22.9. The zero-order valence-corrected chi connectivity index (χ0v) is 15.1. The first-order chi connectivity index (χ1) is 9.81. The Balaban J connectivity index is 2.12. The second-order valence-electron chi connectivity index (χ2n) is 7.10. The van der Waals surface area contributed by atoms with Crippen LogP contribution in [0.2, 0.25) is 0 Å². The van der Waals surface area contributed by atoms with Crippen LogP contribution in [-0.2, 0) is 6.54 Å². The Morgan fingerprint density at radius 1 is 1.38 bits per heavy atom. The SMILES string of the molecule is CC1CCN(c2ccc(CNC(C)(C)C)cc2Br)C1CO. The third-order valence-electron chi connectivity index (χ3n) is 4.21. The Morgan fingerprint density at radius 3 is 2.67 bits per heavy atom. The first-order valence-electron chi connectivity index (χ1n) is 7.73. The maximum absolute atomic E-state index is 9.62. The van der Waals surface area contributed by atoms with E-state index in [1.165, 1.54) is 11.3 Å². The fourth-order valence-corrected chi connectivity index (χ4v) is 3.50. The summed E-state index contributed by atoms with van der Waals surface area (Å²) < 4.78 is 1.11. The van der Waals surface area contributed by atoms with E-state index in [1.54, 1.807) is 0 Å². The minimum atomic E-state index is 0.123. The van der Waals surface area contributed by atoms with E-state index in [0.29, 0.717) is 5.92 Å². The van der Waals surface area contributed by atoms with Gasteiger partial charge in [-0.05, 0) is 66.7 Å². The number of halogens is 1. The quantitative estimate of drug-likeness (QED) is 0.867. The van der Waals surface area contributed by atoms with Gasteiger partial charge < -0.3 is 15.3 Å². The standard InChI is InChI=1S/C17H27BrN2O/c1-12-7-8-20(16(12)11-21)15-6-5-13(9-14(15)18)10-19-17(2,3)4/h5-6,9,12,16,19,21H,7-8,10-11H2,1-4H3. The van der Waals surface area contributed by atoms with Gasteiger partial charge >= 0.3 is 0 Å². The number of hydrogen-bond acceptors (Lipinski definition) is 3. The first-order valence-corrected chi connectivity index (χ1v) is 8.52. The maximum atomic E-state index is 9.62. The van der Waals surface area contributed by atoms with Crippen molar-refractivity contribution in [2.24, 2.45) is 5.92 Å². The third-order valence-corrected chi connectivity index (χ3v) is 4.85. The van der Waals surface area contributed by atoms with Gasteiger partial charge in [0.25, 0.3) is 0 Å². The molecule has 1 heterocycles. The molecule has 2 N–H and O–H groups in total. The van der Waals surface area contributed by atoms with Crippen molar-refractivity contribution < 1.29 is 5.11 Å². The maximum Gasteiger partial charge on any atom is 0.0637 e. The number of benzene rings is 1. The third kappa shape index (κ3) is 4.21. The average molecular weight is 355 g/mol. The number of nitrogens with one attached hydrogen (secondary N) is 1. The van der Waals surface area contributed by atoms with Crippen LogP contribution in [0.15, 0.2) is 22.7 Å². The molecule has 2 unspecified atom stereocenters. The molecule has 21 heavy (non-hydrogen) atoms. The molecule has 3 nitrogen and oxygen atoms in total. The van der Waals surface area contributed by atoms with Crippen LogP contribution in [0.1, 0.15) is 39.7 Å². The first kappa shape index (κ1) is 16.8. The van der Waals surface area contributed by atoms with E-state index < -0.39 is 0 Å². The number of hydrogen-bond donors (Lipinski definition) is 2. The summed E-state index contributed by atoms with van der Waals surface area (Å²) >= 11 is 3.70. The minimum Gasteiger partial charge on any atom is -0.394 e. The molecule has 0 aliphatic carbocycles. The highest BCUT2D eigenvalue weighted by Crippen LogP contribution is 2.35. The highest BCUT2D eigenvalue weighted by atomic mass is 79.9. The number of rotatable bonds is 4. The van der Waals surface area contributed by atoms with Crippen molar-refractivity contribution in [3.63, 3.8) is 0 Å². The van der Waals surface area contributed by atoms with Crippen molar-refractivity contribution in [2.75, 3.05) is 18.1 Å². The van der Waals surface area contributed by atoms with Gasteiger partial charge in [-0.2, -0.15) is 0 Å². The molecule has 0 spiro atoms. The van der Waals surface area contributed by atoms with E-state index in [2.05, 4.69) is 72.0 Å². The summed E-state index contributed by atoms with van der Waals surface area (Å²) in [6.07, 6.45) is 1.14. The van der Waals surface area contributed by atoms with Gasteiger partial charge in [0, 0.05) is 23.1 Å². The second-order valence-corrected chi connectivity index (χ2v) is 7.95. The van der Waals surface area contributed by atoms with Crippen LogP contribution < -0.4 is 10.2 Å². The lowest BCUT2D eigenvalue weighted by Gasteiger charge is -2.28. The summed E-state index contributed by atoms with van der Waals surface area (Å²) in [6.45, 7) is 10.8. The largest absolute Gasteiger partial charge is 0.394 e. The topological polar surface area (TPSA) is 35.5 Å². The average Bonchev–Trinajstić information content (AvgIpc) is 2.76. The lowest BCUT2D eigenvalue weighted by atomic mass is 10.0. The molecule has 0 radical (unpaired) electrons. The molecule has 4 heteroatoms. The van der Waals surface area contributed by atoms with E-state index in [-0.39, 0.29) is 18.2 Å². The van der Waals surface area contributed by atoms with Gasteiger partial charge in [-0.3, -0.25) is 0 Å². The van der Waals surface area contributed by atoms with Crippen LogP contribution >= 0.6 is 15.9 Å². The van der Waals surface area contributed by atoms with Crippen molar-refractivity contribution in [1.82, 2.24) is 5.32 Å². The Morgan fingerprint density at radius 2 is 2.10 bits per heavy atom. The molecular formula is C17H27BrN2O. The molecule has 2 atom stereocenters. The van der Waals surface area contributed by atoms with Gasteiger partial charge in [0.15, 0.2) is 0 Å². The molecule has 1 aliphatic rings. The zero-order chi connectivity index (χ0) is 15.6. The van der Waals surface area contributed by atoms with E-state index in [9.17, 15) is 5.11 Å². The lowest BCUT2D eigenvalue weighted by molar-refractivity contribution is 0.244. The molecule has 0 amide bonds. The fraction of sp³-hybridized carbons (Fsp3) is 0.647. The molecule has 1 saturated heterocycles. The van der Waals surface area contributed by atoms with E-state index >= 15 is 0 Å². The number of nitrogens with zero attached hydrogens (tertiary/aromatic N) is 1.